The highest BCUT2D eigenvalue weighted by molar-refractivity contribution is 4.87. The van der Waals surface area contributed by atoms with E-state index in [1.54, 1.807) is 0 Å². The summed E-state index contributed by atoms with van der Waals surface area (Å²) in [6.45, 7) is 7.36. The Bertz CT molecular complexity index is 169. The smallest absolute Gasteiger partial charge is 0.0774 e. The van der Waals surface area contributed by atoms with E-state index in [1.165, 1.54) is 6.42 Å². The van der Waals surface area contributed by atoms with Crippen LogP contribution in [0.2, 0.25) is 0 Å². The van der Waals surface area contributed by atoms with Crippen LogP contribution >= 0.6 is 0 Å². The number of rotatable bonds is 4. The lowest BCUT2D eigenvalue weighted by Crippen LogP contribution is -2.44. The highest BCUT2D eigenvalue weighted by Crippen LogP contribution is 2.31. The monoisotopic (exact) mass is 183 g/mol. The molecule has 76 valence electrons. The fourth-order valence-corrected chi connectivity index (χ4v) is 2.20. The van der Waals surface area contributed by atoms with Crippen LogP contribution in [0.4, 0.5) is 0 Å². The second-order valence-corrected chi connectivity index (χ2v) is 4.35. The number of hydrogen-bond acceptors (Lipinski definition) is 2. The summed E-state index contributed by atoms with van der Waals surface area (Å²) in [5.74, 6) is 0.671. The van der Waals surface area contributed by atoms with Crippen molar-refractivity contribution in [3.63, 3.8) is 0 Å². The van der Waals surface area contributed by atoms with E-state index >= 15 is 0 Å². The van der Waals surface area contributed by atoms with Crippen molar-refractivity contribution >= 4 is 0 Å². The second-order valence-electron chi connectivity index (χ2n) is 4.35. The van der Waals surface area contributed by atoms with Gasteiger partial charge in [0.1, 0.15) is 0 Å². The van der Waals surface area contributed by atoms with Crippen molar-refractivity contribution in [2.45, 2.75) is 38.2 Å². The third-order valence-electron chi connectivity index (χ3n) is 2.81. The van der Waals surface area contributed by atoms with E-state index in [9.17, 15) is 5.11 Å². The second kappa shape index (κ2) is 4.77. The Labute approximate surface area is 81.0 Å². The third kappa shape index (κ3) is 3.49. The topological polar surface area (TPSA) is 32.3 Å². The molecule has 2 heteroatoms. The van der Waals surface area contributed by atoms with Gasteiger partial charge < -0.3 is 10.4 Å². The molecule has 13 heavy (non-hydrogen) atoms. The first-order chi connectivity index (χ1) is 6.16. The first-order valence-electron chi connectivity index (χ1n) is 5.20. The molecule has 1 fully saturated rings. The predicted octanol–water partition coefficient (Wildman–Crippen LogP) is 1.70. The van der Waals surface area contributed by atoms with E-state index in [2.05, 4.69) is 18.8 Å². The standard InChI is InChI=1S/C11H21NO/c1-3-7-12-9-11(13)6-4-5-10(2)8-11/h3,10,12-13H,1,4-9H2,2H3. The van der Waals surface area contributed by atoms with E-state index in [0.29, 0.717) is 12.5 Å². The summed E-state index contributed by atoms with van der Waals surface area (Å²) in [7, 11) is 0. The predicted molar refractivity (Wildman–Crippen MR) is 55.6 cm³/mol. The van der Waals surface area contributed by atoms with Crippen LogP contribution in [0.25, 0.3) is 0 Å². The lowest BCUT2D eigenvalue weighted by atomic mass is 9.79. The lowest BCUT2D eigenvalue weighted by molar-refractivity contribution is -0.0109. The molecule has 1 rings (SSSR count). The Morgan fingerprint density at radius 3 is 3.08 bits per heavy atom. The normalized spacial score (nSPS) is 34.5. The van der Waals surface area contributed by atoms with Crippen molar-refractivity contribution in [2.24, 2.45) is 5.92 Å². The van der Waals surface area contributed by atoms with Crippen LogP contribution in [0.3, 0.4) is 0 Å². The zero-order valence-electron chi connectivity index (χ0n) is 8.55. The highest BCUT2D eigenvalue weighted by Gasteiger charge is 2.31. The van der Waals surface area contributed by atoms with Gasteiger partial charge in [-0.1, -0.05) is 25.8 Å². The van der Waals surface area contributed by atoms with Crippen LogP contribution in [0.15, 0.2) is 12.7 Å². The third-order valence-corrected chi connectivity index (χ3v) is 2.81. The minimum absolute atomic E-state index is 0.458. The Morgan fingerprint density at radius 2 is 2.46 bits per heavy atom. The molecule has 0 aromatic heterocycles. The van der Waals surface area contributed by atoms with Crippen LogP contribution in [0, 0.1) is 5.92 Å². The van der Waals surface area contributed by atoms with E-state index < -0.39 is 5.60 Å². The van der Waals surface area contributed by atoms with Crippen molar-refractivity contribution in [1.82, 2.24) is 5.32 Å². The first kappa shape index (κ1) is 10.7. The molecular formula is C11H21NO. The first-order valence-corrected chi connectivity index (χ1v) is 5.20. The molecule has 0 bridgehead atoms. The van der Waals surface area contributed by atoms with Gasteiger partial charge in [-0.3, -0.25) is 0 Å². The quantitative estimate of drug-likeness (QED) is 0.513. The minimum Gasteiger partial charge on any atom is -0.389 e. The fraction of sp³-hybridized carbons (Fsp3) is 0.818. The van der Waals surface area contributed by atoms with Crippen molar-refractivity contribution in [3.8, 4) is 0 Å². The fourth-order valence-electron chi connectivity index (χ4n) is 2.20. The molecule has 2 N–H and O–H groups in total. The van der Waals surface area contributed by atoms with Crippen molar-refractivity contribution in [3.05, 3.63) is 12.7 Å². The number of hydrogen-bond donors (Lipinski definition) is 2. The largest absolute Gasteiger partial charge is 0.389 e. The molecule has 1 aliphatic rings. The minimum atomic E-state index is -0.458. The molecule has 2 unspecified atom stereocenters. The SMILES string of the molecule is C=CCNCC1(O)CCCC(C)C1. The van der Waals surface area contributed by atoms with Gasteiger partial charge in [-0.15, -0.1) is 6.58 Å². The van der Waals surface area contributed by atoms with Crippen LogP contribution < -0.4 is 5.32 Å². The summed E-state index contributed by atoms with van der Waals surface area (Å²) in [5.41, 5.74) is -0.458. The molecule has 0 aliphatic heterocycles. The van der Waals surface area contributed by atoms with E-state index in [4.69, 9.17) is 0 Å². The van der Waals surface area contributed by atoms with Gasteiger partial charge in [-0.25, -0.2) is 0 Å². The molecule has 0 heterocycles. The van der Waals surface area contributed by atoms with E-state index in [0.717, 1.165) is 25.8 Å². The van der Waals surface area contributed by atoms with Gasteiger partial charge in [0.15, 0.2) is 0 Å². The summed E-state index contributed by atoms with van der Waals surface area (Å²) in [6, 6.07) is 0. The summed E-state index contributed by atoms with van der Waals surface area (Å²) in [5, 5.41) is 13.4. The van der Waals surface area contributed by atoms with Crippen molar-refractivity contribution in [2.75, 3.05) is 13.1 Å². The molecule has 1 aliphatic carbocycles. The van der Waals surface area contributed by atoms with Crippen molar-refractivity contribution < 1.29 is 5.11 Å². The molecule has 0 aromatic carbocycles. The summed E-state index contributed by atoms with van der Waals surface area (Å²) >= 11 is 0. The van der Waals surface area contributed by atoms with Crippen molar-refractivity contribution in [1.29, 1.82) is 0 Å². The molecule has 0 radical (unpaired) electrons. The zero-order chi connectivity index (χ0) is 9.73. The Kier molecular flexibility index (Phi) is 3.94. The van der Waals surface area contributed by atoms with Gasteiger partial charge in [0.2, 0.25) is 0 Å². The van der Waals surface area contributed by atoms with Gasteiger partial charge in [0.05, 0.1) is 5.60 Å². The summed E-state index contributed by atoms with van der Waals surface area (Å²) < 4.78 is 0. The maximum Gasteiger partial charge on any atom is 0.0774 e. The lowest BCUT2D eigenvalue weighted by Gasteiger charge is -2.35. The molecule has 0 saturated heterocycles. The van der Waals surface area contributed by atoms with Gasteiger partial charge in [-0.05, 0) is 18.8 Å². The van der Waals surface area contributed by atoms with Gasteiger partial charge in [0, 0.05) is 13.1 Å². The molecule has 2 nitrogen and oxygen atoms in total. The van der Waals surface area contributed by atoms with E-state index in [-0.39, 0.29) is 0 Å². The maximum absolute atomic E-state index is 10.2. The van der Waals surface area contributed by atoms with Gasteiger partial charge in [0.25, 0.3) is 0 Å². The Balaban J connectivity index is 2.31. The number of nitrogens with one attached hydrogen (secondary N) is 1. The molecule has 1 saturated carbocycles. The molecule has 0 spiro atoms. The van der Waals surface area contributed by atoms with E-state index in [1.807, 2.05) is 6.08 Å². The molecule has 0 amide bonds. The Hall–Kier alpha value is -0.340. The van der Waals surface area contributed by atoms with Gasteiger partial charge >= 0.3 is 0 Å². The maximum atomic E-state index is 10.2. The average molecular weight is 183 g/mol. The zero-order valence-corrected chi connectivity index (χ0v) is 8.55. The van der Waals surface area contributed by atoms with Crippen LogP contribution in [-0.4, -0.2) is 23.8 Å². The number of aliphatic hydroxyl groups is 1. The summed E-state index contributed by atoms with van der Waals surface area (Å²) in [4.78, 5) is 0. The molecule has 0 aromatic rings. The molecular weight excluding hydrogens is 162 g/mol. The van der Waals surface area contributed by atoms with Gasteiger partial charge in [-0.2, -0.15) is 0 Å². The highest BCUT2D eigenvalue weighted by atomic mass is 16.3. The van der Waals surface area contributed by atoms with Crippen LogP contribution in [0.1, 0.15) is 32.6 Å². The summed E-state index contributed by atoms with van der Waals surface area (Å²) in [6.07, 6.45) is 6.14. The molecule has 2 atom stereocenters. The average Bonchev–Trinajstić information content (AvgIpc) is 2.04. The Morgan fingerprint density at radius 1 is 1.69 bits per heavy atom. The van der Waals surface area contributed by atoms with Crippen LogP contribution in [0.5, 0.6) is 0 Å². The van der Waals surface area contributed by atoms with Crippen LogP contribution in [-0.2, 0) is 0 Å².